The van der Waals surface area contributed by atoms with Crippen molar-refractivity contribution >= 4 is 16.8 Å². The summed E-state index contributed by atoms with van der Waals surface area (Å²) in [6, 6.07) is 0. The first-order chi connectivity index (χ1) is 4.79. The van der Waals surface area contributed by atoms with Crippen molar-refractivity contribution in [1.29, 1.82) is 0 Å². The van der Waals surface area contributed by atoms with Gasteiger partial charge < -0.3 is 15.7 Å². The van der Waals surface area contributed by atoms with E-state index in [1.165, 1.54) is 6.92 Å². The zero-order valence-corrected chi connectivity index (χ0v) is 9.06. The van der Waals surface area contributed by atoms with Gasteiger partial charge in [0, 0.05) is 6.92 Å². The summed E-state index contributed by atoms with van der Waals surface area (Å²) >= 11 is 4.64. The van der Waals surface area contributed by atoms with Gasteiger partial charge in [-0.2, -0.15) is 0 Å². The summed E-state index contributed by atoms with van der Waals surface area (Å²) in [5.74, 6) is 0. The molecule has 76 valence electrons. The number of rotatable bonds is 2. The quantitative estimate of drug-likeness (QED) is 0.506. The van der Waals surface area contributed by atoms with Crippen LogP contribution in [-0.2, 0) is 4.79 Å². The highest BCUT2D eigenvalue weighted by atomic mass is 35.5. The normalized spacial score (nSPS) is 9.17. The van der Waals surface area contributed by atoms with Crippen LogP contribution in [0.2, 0.25) is 0 Å². The topological polar surface area (TPSA) is 72.3 Å². The molecule has 0 atom stereocenters. The average molecular weight is 200 g/mol. The molecule has 4 nitrogen and oxygen atoms in total. The number of likely N-dealkylation sites (N-methyl/N-ethyl adjacent to an activating group) is 1. The van der Waals surface area contributed by atoms with E-state index < -0.39 is 0 Å². The van der Waals surface area contributed by atoms with Crippen molar-refractivity contribution in [3.05, 3.63) is 0 Å². The fourth-order valence-corrected chi connectivity index (χ4v) is 0.300. The Morgan fingerprint density at radius 1 is 1.42 bits per heavy atom. The number of carbonyl (C=O) groups is 1. The number of aliphatic hydroxyl groups is 1. The molecule has 0 fully saturated rings. The van der Waals surface area contributed by atoms with Gasteiger partial charge in [-0.1, -0.05) is 0 Å². The molecule has 0 radical (unpaired) electrons. The molecule has 0 amide bonds. The number of carbonyl (C=O) groups excluding carboxylic acids is 1. The summed E-state index contributed by atoms with van der Waals surface area (Å²) in [6.45, 7) is 2.41. The SMILES string of the molecule is CC(=O)Cl.C[N+](C)(C)CCO.N. The Morgan fingerprint density at radius 3 is 1.67 bits per heavy atom. The van der Waals surface area contributed by atoms with E-state index in [0.717, 1.165) is 11.0 Å². The van der Waals surface area contributed by atoms with Gasteiger partial charge in [-0.3, -0.25) is 4.79 Å². The molecule has 0 unspecified atom stereocenters. The molecule has 0 saturated carbocycles. The summed E-state index contributed by atoms with van der Waals surface area (Å²) < 4.78 is 0.844. The summed E-state index contributed by atoms with van der Waals surface area (Å²) in [5.41, 5.74) is 0. The molecule has 0 saturated heterocycles. The molecule has 0 bridgehead atoms. The second kappa shape index (κ2) is 8.93. The molecule has 0 rings (SSSR count). The third-order valence-corrected chi connectivity index (χ3v) is 0.771. The number of aliphatic hydroxyl groups excluding tert-OH is 1. The van der Waals surface area contributed by atoms with Gasteiger partial charge in [0.05, 0.1) is 27.7 Å². The van der Waals surface area contributed by atoms with Crippen molar-refractivity contribution < 1.29 is 14.4 Å². The monoisotopic (exact) mass is 199 g/mol. The fourth-order valence-electron chi connectivity index (χ4n) is 0.300. The molecule has 0 spiro atoms. The van der Waals surface area contributed by atoms with Crippen LogP contribution >= 0.6 is 11.6 Å². The Morgan fingerprint density at radius 2 is 1.67 bits per heavy atom. The van der Waals surface area contributed by atoms with Crippen molar-refractivity contribution in [2.24, 2.45) is 0 Å². The van der Waals surface area contributed by atoms with Crippen molar-refractivity contribution in [3.8, 4) is 0 Å². The van der Waals surface area contributed by atoms with Crippen LogP contribution in [-0.4, -0.2) is 49.1 Å². The third-order valence-electron chi connectivity index (χ3n) is 0.771. The van der Waals surface area contributed by atoms with E-state index >= 15 is 0 Å². The first kappa shape index (κ1) is 17.8. The lowest BCUT2D eigenvalue weighted by molar-refractivity contribution is -0.870. The van der Waals surface area contributed by atoms with Gasteiger partial charge in [-0.25, -0.2) is 0 Å². The summed E-state index contributed by atoms with van der Waals surface area (Å²) in [7, 11) is 6.16. The molecule has 0 aromatic heterocycles. The molecule has 0 aliphatic carbocycles. The minimum absolute atomic E-state index is 0. The van der Waals surface area contributed by atoms with E-state index in [4.69, 9.17) is 5.11 Å². The number of quaternary nitrogens is 1. The van der Waals surface area contributed by atoms with E-state index in [2.05, 4.69) is 32.7 Å². The minimum atomic E-state index is -0.361. The van der Waals surface area contributed by atoms with Crippen LogP contribution in [0.5, 0.6) is 0 Å². The first-order valence-corrected chi connectivity index (χ1v) is 3.75. The van der Waals surface area contributed by atoms with Crippen molar-refractivity contribution in [2.45, 2.75) is 6.92 Å². The molecule has 0 aromatic carbocycles. The maximum absolute atomic E-state index is 9.21. The highest BCUT2D eigenvalue weighted by Crippen LogP contribution is 1.84. The van der Waals surface area contributed by atoms with Gasteiger partial charge in [0.1, 0.15) is 6.54 Å². The lowest BCUT2D eigenvalue weighted by Gasteiger charge is -2.21. The van der Waals surface area contributed by atoms with Crippen LogP contribution in [0, 0.1) is 0 Å². The van der Waals surface area contributed by atoms with Crippen molar-refractivity contribution in [3.63, 3.8) is 0 Å². The Bertz CT molecular complexity index is 108. The van der Waals surface area contributed by atoms with E-state index in [1.54, 1.807) is 0 Å². The number of nitrogens with zero attached hydrogens (tertiary/aromatic N) is 1. The molecular weight excluding hydrogens is 180 g/mol. The molecule has 0 aliphatic heterocycles. The van der Waals surface area contributed by atoms with Crippen LogP contribution in [0.4, 0.5) is 0 Å². The maximum atomic E-state index is 9.21. The molecule has 4 N–H and O–H groups in total. The summed E-state index contributed by atoms with van der Waals surface area (Å²) in [6.07, 6.45) is 0. The number of hydrogen-bond donors (Lipinski definition) is 2. The summed E-state index contributed by atoms with van der Waals surface area (Å²) in [5, 5.41) is 8.03. The summed E-state index contributed by atoms with van der Waals surface area (Å²) in [4.78, 5) is 9.21. The smallest absolute Gasteiger partial charge is 0.218 e. The lowest BCUT2D eigenvalue weighted by atomic mass is 10.5. The Labute approximate surface area is 79.3 Å². The molecule has 0 aliphatic rings. The standard InChI is InChI=1S/C5H14NO.C2H3ClO.H3N/c1-6(2,3)4-5-7;1-2(3)4;/h7H,4-5H2,1-3H3;1H3;1H3/q+1;;. The molecule has 12 heavy (non-hydrogen) atoms. The maximum Gasteiger partial charge on any atom is 0.218 e. The third kappa shape index (κ3) is 52.1. The zero-order chi connectivity index (χ0) is 9.49. The van der Waals surface area contributed by atoms with Crippen LogP contribution in [0.3, 0.4) is 0 Å². The zero-order valence-electron chi connectivity index (χ0n) is 8.30. The van der Waals surface area contributed by atoms with Crippen LogP contribution in [0.25, 0.3) is 0 Å². The fraction of sp³-hybridized carbons (Fsp3) is 0.857. The second-order valence-electron chi connectivity index (χ2n) is 3.21. The molecule has 5 heteroatoms. The minimum Gasteiger partial charge on any atom is -0.391 e. The van der Waals surface area contributed by atoms with Crippen molar-refractivity contribution in [1.82, 2.24) is 6.15 Å². The Kier molecular flexibility index (Phi) is 13.3. The van der Waals surface area contributed by atoms with Crippen LogP contribution in [0.15, 0.2) is 0 Å². The van der Waals surface area contributed by atoms with Gasteiger partial charge >= 0.3 is 0 Å². The van der Waals surface area contributed by atoms with Crippen LogP contribution < -0.4 is 6.15 Å². The largest absolute Gasteiger partial charge is 0.391 e. The number of hydrogen-bond acceptors (Lipinski definition) is 3. The first-order valence-electron chi connectivity index (χ1n) is 3.37. The number of halogens is 1. The van der Waals surface area contributed by atoms with Gasteiger partial charge in [-0.05, 0) is 11.6 Å². The van der Waals surface area contributed by atoms with Gasteiger partial charge in [0.2, 0.25) is 5.24 Å². The highest BCUT2D eigenvalue weighted by Gasteiger charge is 2.02. The van der Waals surface area contributed by atoms with E-state index in [-0.39, 0.29) is 18.0 Å². The highest BCUT2D eigenvalue weighted by molar-refractivity contribution is 6.62. The second-order valence-corrected chi connectivity index (χ2v) is 3.74. The van der Waals surface area contributed by atoms with Gasteiger partial charge in [0.25, 0.3) is 0 Å². The molecule has 0 aromatic rings. The van der Waals surface area contributed by atoms with E-state index in [0.29, 0.717) is 0 Å². The lowest BCUT2D eigenvalue weighted by Crippen LogP contribution is -2.36. The predicted octanol–water partition coefficient (Wildman–Crippen LogP) is 0.619. The van der Waals surface area contributed by atoms with E-state index in [9.17, 15) is 4.79 Å². The molecular formula is C7H20ClN2O2+. The van der Waals surface area contributed by atoms with Gasteiger partial charge in [0.15, 0.2) is 0 Å². The van der Waals surface area contributed by atoms with Crippen LogP contribution in [0.1, 0.15) is 6.92 Å². The van der Waals surface area contributed by atoms with Crippen molar-refractivity contribution in [2.75, 3.05) is 34.3 Å². The predicted molar refractivity (Wildman–Crippen MR) is 51.5 cm³/mol. The Balaban J connectivity index is -0.000000142. The average Bonchev–Trinajstić information content (AvgIpc) is 1.58. The molecule has 0 heterocycles. The Hall–Kier alpha value is -0.160. The van der Waals surface area contributed by atoms with E-state index in [1.807, 2.05) is 0 Å². The van der Waals surface area contributed by atoms with Gasteiger partial charge in [-0.15, -0.1) is 0 Å².